The molecule has 2 rings (SSSR count). The molecule has 0 unspecified atom stereocenters. The molecule has 0 heterocycles. The number of halogens is 2. The van der Waals surface area contributed by atoms with Crippen LogP contribution in [0.3, 0.4) is 0 Å². The minimum Gasteiger partial charge on any atom is -0.328 e. The van der Waals surface area contributed by atoms with Crippen LogP contribution in [-0.4, -0.2) is 30.6 Å². The van der Waals surface area contributed by atoms with Crippen molar-refractivity contribution in [1.82, 2.24) is 4.90 Å². The fourth-order valence-corrected chi connectivity index (χ4v) is 2.21. The van der Waals surface area contributed by atoms with E-state index < -0.39 is 17.7 Å². The first-order chi connectivity index (χ1) is 8.95. The van der Waals surface area contributed by atoms with Crippen LogP contribution < -0.4 is 11.1 Å². The number of amides is 2. The molecular formula is C13H17F2N3O. The highest BCUT2D eigenvalue weighted by Gasteiger charge is 2.28. The van der Waals surface area contributed by atoms with E-state index in [1.54, 1.807) is 7.05 Å². The molecule has 1 saturated carbocycles. The van der Waals surface area contributed by atoms with Gasteiger partial charge in [0.15, 0.2) is 0 Å². The van der Waals surface area contributed by atoms with Gasteiger partial charge in [-0.25, -0.2) is 13.6 Å². The molecule has 6 heteroatoms. The van der Waals surface area contributed by atoms with Gasteiger partial charge in [0.25, 0.3) is 0 Å². The van der Waals surface area contributed by atoms with Crippen LogP contribution in [0.5, 0.6) is 0 Å². The lowest BCUT2D eigenvalue weighted by Gasteiger charge is -2.35. The molecule has 1 fully saturated rings. The number of rotatable bonds is 3. The van der Waals surface area contributed by atoms with Gasteiger partial charge in [0.05, 0.1) is 5.69 Å². The monoisotopic (exact) mass is 269 g/mol. The van der Waals surface area contributed by atoms with E-state index in [-0.39, 0.29) is 11.7 Å². The minimum atomic E-state index is -0.785. The third-order valence-electron chi connectivity index (χ3n) is 3.32. The van der Waals surface area contributed by atoms with Gasteiger partial charge in [0.1, 0.15) is 11.6 Å². The fraction of sp³-hybridized carbons (Fsp3) is 0.462. The summed E-state index contributed by atoms with van der Waals surface area (Å²) in [7, 11) is 1.64. The highest BCUT2D eigenvalue weighted by Crippen LogP contribution is 2.26. The fourth-order valence-electron chi connectivity index (χ4n) is 2.21. The number of urea groups is 1. The van der Waals surface area contributed by atoms with Crippen LogP contribution >= 0.6 is 0 Å². The zero-order valence-electron chi connectivity index (χ0n) is 10.7. The van der Waals surface area contributed by atoms with Crippen molar-refractivity contribution in [2.45, 2.75) is 18.9 Å². The second kappa shape index (κ2) is 5.52. The average molecular weight is 269 g/mol. The van der Waals surface area contributed by atoms with Crippen LogP contribution in [0.15, 0.2) is 18.2 Å². The van der Waals surface area contributed by atoms with Gasteiger partial charge in [0, 0.05) is 25.7 Å². The normalized spacial score (nSPS) is 21.7. The molecule has 0 aliphatic heterocycles. The molecule has 1 aliphatic carbocycles. The summed E-state index contributed by atoms with van der Waals surface area (Å²) in [5.41, 5.74) is 5.65. The van der Waals surface area contributed by atoms with Crippen molar-refractivity contribution in [3.8, 4) is 0 Å². The number of benzene rings is 1. The largest absolute Gasteiger partial charge is 0.328 e. The number of anilines is 1. The number of nitrogens with zero attached hydrogens (tertiary/aromatic N) is 1. The van der Waals surface area contributed by atoms with E-state index in [9.17, 15) is 13.6 Å². The molecule has 0 bridgehead atoms. The van der Waals surface area contributed by atoms with Crippen molar-refractivity contribution in [2.75, 3.05) is 18.9 Å². The predicted molar refractivity (Wildman–Crippen MR) is 68.7 cm³/mol. The first-order valence-electron chi connectivity index (χ1n) is 6.18. The summed E-state index contributed by atoms with van der Waals surface area (Å²) < 4.78 is 26.1. The standard InChI is InChI=1S/C13H17F2N3O/c1-18(7-8-4-10(16)5-8)13(19)17-12-3-2-9(14)6-11(12)15/h2-3,6,8,10H,4-5,7,16H2,1H3,(H,17,19). The molecular weight excluding hydrogens is 252 g/mol. The van der Waals surface area contributed by atoms with E-state index in [1.807, 2.05) is 0 Å². The molecule has 0 saturated heterocycles. The van der Waals surface area contributed by atoms with E-state index in [0.29, 0.717) is 12.5 Å². The molecule has 0 aromatic heterocycles. The molecule has 1 aromatic carbocycles. The third-order valence-corrected chi connectivity index (χ3v) is 3.32. The lowest BCUT2D eigenvalue weighted by molar-refractivity contribution is 0.181. The van der Waals surface area contributed by atoms with Gasteiger partial charge in [0.2, 0.25) is 0 Å². The Balaban J connectivity index is 1.89. The van der Waals surface area contributed by atoms with Crippen LogP contribution in [0.2, 0.25) is 0 Å². The van der Waals surface area contributed by atoms with Crippen LogP contribution in [0.25, 0.3) is 0 Å². The van der Waals surface area contributed by atoms with Crippen molar-refractivity contribution in [3.05, 3.63) is 29.8 Å². The highest BCUT2D eigenvalue weighted by atomic mass is 19.1. The lowest BCUT2D eigenvalue weighted by atomic mass is 9.81. The Morgan fingerprint density at radius 3 is 2.74 bits per heavy atom. The summed E-state index contributed by atoms with van der Waals surface area (Å²) in [4.78, 5) is 13.3. The summed E-state index contributed by atoms with van der Waals surface area (Å²) in [5.74, 6) is -1.05. The number of hydrogen-bond donors (Lipinski definition) is 2. The molecule has 0 atom stereocenters. The van der Waals surface area contributed by atoms with Crippen molar-refractivity contribution >= 4 is 11.7 Å². The van der Waals surface area contributed by atoms with E-state index in [1.165, 1.54) is 11.0 Å². The quantitative estimate of drug-likeness (QED) is 0.883. The van der Waals surface area contributed by atoms with Crippen molar-refractivity contribution < 1.29 is 13.6 Å². The van der Waals surface area contributed by atoms with Crippen LogP contribution in [0.1, 0.15) is 12.8 Å². The van der Waals surface area contributed by atoms with Gasteiger partial charge in [-0.05, 0) is 30.9 Å². The molecule has 1 aromatic rings. The van der Waals surface area contributed by atoms with Gasteiger partial charge in [-0.15, -0.1) is 0 Å². The molecule has 0 radical (unpaired) electrons. The summed E-state index contributed by atoms with van der Waals surface area (Å²) in [5, 5.41) is 2.42. The lowest BCUT2D eigenvalue weighted by Crippen LogP contribution is -2.44. The van der Waals surface area contributed by atoms with Crippen LogP contribution in [0.4, 0.5) is 19.3 Å². The van der Waals surface area contributed by atoms with Gasteiger partial charge in [-0.2, -0.15) is 0 Å². The number of carbonyl (C=O) groups is 1. The summed E-state index contributed by atoms with van der Waals surface area (Å²) in [6.07, 6.45) is 1.81. The van der Waals surface area contributed by atoms with Gasteiger partial charge >= 0.3 is 6.03 Å². The Labute approximate surface area is 110 Å². The van der Waals surface area contributed by atoms with E-state index in [0.717, 1.165) is 25.0 Å². The average Bonchev–Trinajstić information content (AvgIpc) is 2.30. The maximum atomic E-state index is 13.4. The molecule has 0 spiro atoms. The second-order valence-corrected chi connectivity index (χ2v) is 5.03. The maximum absolute atomic E-state index is 13.4. The first-order valence-corrected chi connectivity index (χ1v) is 6.18. The predicted octanol–water partition coefficient (Wildman–Crippen LogP) is 2.17. The minimum absolute atomic E-state index is 0.0245. The third kappa shape index (κ3) is 3.41. The van der Waals surface area contributed by atoms with E-state index in [2.05, 4.69) is 5.32 Å². The topological polar surface area (TPSA) is 58.4 Å². The second-order valence-electron chi connectivity index (χ2n) is 5.03. The number of hydrogen-bond acceptors (Lipinski definition) is 2. The highest BCUT2D eigenvalue weighted by molar-refractivity contribution is 5.89. The smallest absolute Gasteiger partial charge is 0.321 e. The van der Waals surface area contributed by atoms with Crippen molar-refractivity contribution in [3.63, 3.8) is 0 Å². The molecule has 4 nitrogen and oxygen atoms in total. The Morgan fingerprint density at radius 2 is 2.16 bits per heavy atom. The maximum Gasteiger partial charge on any atom is 0.321 e. The van der Waals surface area contributed by atoms with Crippen LogP contribution in [-0.2, 0) is 0 Å². The van der Waals surface area contributed by atoms with E-state index in [4.69, 9.17) is 5.73 Å². The molecule has 19 heavy (non-hydrogen) atoms. The molecule has 1 aliphatic rings. The Bertz CT molecular complexity index is 475. The van der Waals surface area contributed by atoms with Gasteiger partial charge < -0.3 is 16.0 Å². The van der Waals surface area contributed by atoms with Crippen molar-refractivity contribution in [2.24, 2.45) is 11.7 Å². The van der Waals surface area contributed by atoms with Crippen molar-refractivity contribution in [1.29, 1.82) is 0 Å². The molecule has 2 amide bonds. The summed E-state index contributed by atoms with van der Waals surface area (Å²) >= 11 is 0. The number of nitrogens with one attached hydrogen (secondary N) is 1. The Kier molecular flexibility index (Phi) is 3.99. The molecule has 3 N–H and O–H groups in total. The molecule has 104 valence electrons. The summed E-state index contributed by atoms with van der Waals surface area (Å²) in [6, 6.07) is 2.86. The number of nitrogens with two attached hydrogens (primary N) is 1. The SMILES string of the molecule is CN(CC1CC(N)C1)C(=O)Nc1ccc(F)cc1F. The first kappa shape index (κ1) is 13.7. The Morgan fingerprint density at radius 1 is 1.47 bits per heavy atom. The summed E-state index contributed by atoms with van der Waals surface area (Å²) in [6.45, 7) is 0.586. The zero-order chi connectivity index (χ0) is 14.0. The number of carbonyl (C=O) groups excluding carboxylic acids is 1. The van der Waals surface area contributed by atoms with E-state index >= 15 is 0 Å². The van der Waals surface area contributed by atoms with Gasteiger partial charge in [-0.3, -0.25) is 0 Å². The van der Waals surface area contributed by atoms with Gasteiger partial charge in [-0.1, -0.05) is 0 Å². The van der Waals surface area contributed by atoms with Crippen LogP contribution in [0, 0.1) is 17.6 Å². The zero-order valence-corrected chi connectivity index (χ0v) is 10.7. The Hall–Kier alpha value is -1.69.